The van der Waals surface area contributed by atoms with Gasteiger partial charge in [0.25, 0.3) is 5.91 Å². The number of nitrogens with one attached hydrogen (secondary N) is 2. The normalized spacial score (nSPS) is 16.8. The Balaban J connectivity index is 2.05. The van der Waals surface area contributed by atoms with Crippen molar-refractivity contribution in [3.63, 3.8) is 0 Å². The highest BCUT2D eigenvalue weighted by Gasteiger charge is 2.17. The predicted octanol–water partition coefficient (Wildman–Crippen LogP) is 1.77. The fourth-order valence-electron chi connectivity index (χ4n) is 2.08. The summed E-state index contributed by atoms with van der Waals surface area (Å²) in [5, 5.41) is 6.38. The minimum Gasteiger partial charge on any atom is -0.349 e. The topological polar surface area (TPSA) is 41.1 Å². The number of aryl methyl sites for hydroxylation is 1. The summed E-state index contributed by atoms with van der Waals surface area (Å²) in [6.45, 7) is 3.91. The third-order valence-corrected chi connectivity index (χ3v) is 3.42. The van der Waals surface area contributed by atoms with Gasteiger partial charge in [0.05, 0.1) is 0 Å². The third kappa shape index (κ3) is 3.23. The second-order valence-corrected chi connectivity index (χ2v) is 5.01. The van der Waals surface area contributed by atoms with Crippen molar-refractivity contribution in [1.82, 2.24) is 10.6 Å². The number of hydrogen-bond donors (Lipinski definition) is 3. The van der Waals surface area contributed by atoms with Crippen molar-refractivity contribution < 1.29 is 4.79 Å². The Hall–Kier alpha value is -1.00. The summed E-state index contributed by atoms with van der Waals surface area (Å²) < 4.78 is 0. The molecule has 92 valence electrons. The maximum absolute atomic E-state index is 12.1. The zero-order valence-corrected chi connectivity index (χ0v) is 10.9. The second kappa shape index (κ2) is 5.56. The smallest absolute Gasteiger partial charge is 0.251 e. The predicted molar refractivity (Wildman–Crippen MR) is 71.8 cm³/mol. The fraction of sp³-hybridized carbons (Fsp3) is 0.462. The molecule has 0 atom stereocenters. The molecule has 1 saturated heterocycles. The molecule has 2 rings (SSSR count). The molecule has 1 heterocycles. The lowest BCUT2D eigenvalue weighted by atomic mass is 10.0. The molecular formula is C13H18N2OS. The molecule has 1 amide bonds. The first-order valence-electron chi connectivity index (χ1n) is 5.98. The summed E-state index contributed by atoms with van der Waals surface area (Å²) in [6, 6.07) is 5.96. The van der Waals surface area contributed by atoms with E-state index in [4.69, 9.17) is 0 Å². The van der Waals surface area contributed by atoms with Gasteiger partial charge >= 0.3 is 0 Å². The molecule has 3 nitrogen and oxygen atoms in total. The van der Waals surface area contributed by atoms with E-state index in [1.165, 1.54) is 0 Å². The van der Waals surface area contributed by atoms with Crippen molar-refractivity contribution in [3.05, 3.63) is 29.3 Å². The van der Waals surface area contributed by atoms with Crippen LogP contribution in [0, 0.1) is 6.92 Å². The van der Waals surface area contributed by atoms with E-state index in [0.29, 0.717) is 6.04 Å². The van der Waals surface area contributed by atoms with Crippen molar-refractivity contribution in [1.29, 1.82) is 0 Å². The fourth-order valence-corrected chi connectivity index (χ4v) is 2.29. The van der Waals surface area contributed by atoms with E-state index >= 15 is 0 Å². The molecule has 0 aromatic heterocycles. The van der Waals surface area contributed by atoms with Gasteiger partial charge in [0, 0.05) is 16.5 Å². The van der Waals surface area contributed by atoms with Gasteiger partial charge < -0.3 is 10.6 Å². The van der Waals surface area contributed by atoms with Crippen LogP contribution in [-0.2, 0) is 0 Å². The Kier molecular flexibility index (Phi) is 4.07. The van der Waals surface area contributed by atoms with Gasteiger partial charge in [0.1, 0.15) is 0 Å². The molecule has 1 aliphatic rings. The lowest BCUT2D eigenvalue weighted by Crippen LogP contribution is -2.42. The minimum atomic E-state index is 0.0188. The van der Waals surface area contributed by atoms with Crippen LogP contribution in [0.15, 0.2) is 23.1 Å². The number of thiol groups is 1. The zero-order valence-electron chi connectivity index (χ0n) is 9.99. The molecule has 0 saturated carbocycles. The number of amides is 1. The summed E-state index contributed by atoms with van der Waals surface area (Å²) in [4.78, 5) is 12.9. The number of carbonyl (C=O) groups is 1. The van der Waals surface area contributed by atoms with Crippen LogP contribution in [0.1, 0.15) is 28.8 Å². The molecule has 1 aliphatic heterocycles. The van der Waals surface area contributed by atoms with Crippen LogP contribution in [0.5, 0.6) is 0 Å². The van der Waals surface area contributed by atoms with Gasteiger partial charge in [0.2, 0.25) is 0 Å². The largest absolute Gasteiger partial charge is 0.349 e. The van der Waals surface area contributed by atoms with Gasteiger partial charge in [-0.15, -0.1) is 12.6 Å². The Morgan fingerprint density at radius 3 is 2.82 bits per heavy atom. The number of carbonyl (C=O) groups excluding carboxylic acids is 1. The van der Waals surface area contributed by atoms with Crippen molar-refractivity contribution in [3.8, 4) is 0 Å². The Labute approximate surface area is 107 Å². The minimum absolute atomic E-state index is 0.0188. The van der Waals surface area contributed by atoms with E-state index in [0.717, 1.165) is 42.0 Å². The van der Waals surface area contributed by atoms with Gasteiger partial charge in [-0.2, -0.15) is 0 Å². The van der Waals surface area contributed by atoms with E-state index in [9.17, 15) is 4.79 Å². The number of hydrogen-bond acceptors (Lipinski definition) is 3. The van der Waals surface area contributed by atoms with Gasteiger partial charge in [-0.1, -0.05) is 6.07 Å². The summed E-state index contributed by atoms with van der Waals surface area (Å²) >= 11 is 4.27. The molecule has 0 spiro atoms. The van der Waals surface area contributed by atoms with Gasteiger partial charge in [-0.3, -0.25) is 4.79 Å². The number of rotatable bonds is 2. The van der Waals surface area contributed by atoms with Crippen molar-refractivity contribution in [2.75, 3.05) is 13.1 Å². The summed E-state index contributed by atoms with van der Waals surface area (Å²) in [7, 11) is 0. The average molecular weight is 250 g/mol. The van der Waals surface area contributed by atoms with E-state index in [2.05, 4.69) is 23.3 Å². The van der Waals surface area contributed by atoms with Gasteiger partial charge in [-0.25, -0.2) is 0 Å². The first-order chi connectivity index (χ1) is 8.16. The van der Waals surface area contributed by atoms with Crippen molar-refractivity contribution >= 4 is 18.5 Å². The average Bonchev–Trinajstić information content (AvgIpc) is 2.33. The highest BCUT2D eigenvalue weighted by molar-refractivity contribution is 7.80. The van der Waals surface area contributed by atoms with Crippen molar-refractivity contribution in [2.24, 2.45) is 0 Å². The third-order valence-electron chi connectivity index (χ3n) is 3.14. The molecule has 1 aromatic carbocycles. The maximum atomic E-state index is 12.1. The Morgan fingerprint density at radius 2 is 2.12 bits per heavy atom. The molecule has 0 radical (unpaired) electrons. The first kappa shape index (κ1) is 12.5. The van der Waals surface area contributed by atoms with Crippen LogP contribution < -0.4 is 10.6 Å². The van der Waals surface area contributed by atoms with Crippen LogP contribution in [0.25, 0.3) is 0 Å². The first-order valence-corrected chi connectivity index (χ1v) is 6.43. The highest BCUT2D eigenvalue weighted by Crippen LogP contribution is 2.14. The Bertz CT molecular complexity index is 414. The molecule has 0 unspecified atom stereocenters. The second-order valence-electron chi connectivity index (χ2n) is 4.50. The summed E-state index contributed by atoms with van der Waals surface area (Å²) in [5.41, 5.74) is 1.73. The van der Waals surface area contributed by atoms with E-state index in [-0.39, 0.29) is 5.91 Å². The van der Waals surface area contributed by atoms with E-state index in [1.54, 1.807) is 0 Å². The molecule has 2 N–H and O–H groups in total. The standard InChI is InChI=1S/C13H18N2OS/c1-9-2-3-11(17)8-12(9)13(16)15-10-4-6-14-7-5-10/h2-3,8,10,14,17H,4-7H2,1H3,(H,15,16). The molecule has 0 bridgehead atoms. The molecular weight excluding hydrogens is 232 g/mol. The van der Waals surface area contributed by atoms with Crippen LogP contribution in [-0.4, -0.2) is 25.0 Å². The lowest BCUT2D eigenvalue weighted by Gasteiger charge is -2.24. The Morgan fingerprint density at radius 1 is 1.41 bits per heavy atom. The van der Waals surface area contributed by atoms with Gasteiger partial charge in [0.15, 0.2) is 0 Å². The summed E-state index contributed by atoms with van der Waals surface area (Å²) in [6.07, 6.45) is 2.01. The van der Waals surface area contributed by atoms with Crippen LogP contribution in [0.4, 0.5) is 0 Å². The highest BCUT2D eigenvalue weighted by atomic mass is 32.1. The quantitative estimate of drug-likeness (QED) is 0.700. The van der Waals surface area contributed by atoms with E-state index in [1.807, 2.05) is 25.1 Å². The summed E-state index contributed by atoms with van der Waals surface area (Å²) in [5.74, 6) is 0.0188. The van der Waals surface area contributed by atoms with E-state index < -0.39 is 0 Å². The molecule has 4 heteroatoms. The maximum Gasteiger partial charge on any atom is 0.251 e. The van der Waals surface area contributed by atoms with Crippen LogP contribution >= 0.6 is 12.6 Å². The van der Waals surface area contributed by atoms with Crippen LogP contribution in [0.3, 0.4) is 0 Å². The zero-order chi connectivity index (χ0) is 12.3. The van der Waals surface area contributed by atoms with Gasteiger partial charge in [-0.05, 0) is 50.6 Å². The number of piperidine rings is 1. The molecule has 1 fully saturated rings. The molecule has 0 aliphatic carbocycles. The number of benzene rings is 1. The SMILES string of the molecule is Cc1ccc(S)cc1C(=O)NC1CCNCC1. The van der Waals surface area contributed by atoms with Crippen molar-refractivity contribution in [2.45, 2.75) is 30.7 Å². The molecule has 1 aromatic rings. The van der Waals surface area contributed by atoms with Crippen LogP contribution in [0.2, 0.25) is 0 Å². The monoisotopic (exact) mass is 250 g/mol. The lowest BCUT2D eigenvalue weighted by molar-refractivity contribution is 0.0928. The molecule has 17 heavy (non-hydrogen) atoms.